The number of nitrogens with zero attached hydrogens (tertiary/aromatic N) is 2. The molecule has 3 amide bonds. The number of H-pyrrole nitrogens is 1. The van der Waals surface area contributed by atoms with Crippen molar-refractivity contribution in [3.63, 3.8) is 0 Å². The number of amides is 3. The van der Waals surface area contributed by atoms with Crippen molar-refractivity contribution in [2.75, 3.05) is 13.7 Å². The zero-order chi connectivity index (χ0) is 24.2. The molecule has 3 atom stereocenters. The van der Waals surface area contributed by atoms with Crippen molar-refractivity contribution in [1.82, 2.24) is 25.9 Å². The van der Waals surface area contributed by atoms with E-state index < -0.39 is 23.9 Å². The zero-order valence-electron chi connectivity index (χ0n) is 18.8. The predicted octanol–water partition coefficient (Wildman–Crippen LogP) is 2.05. The van der Waals surface area contributed by atoms with E-state index in [1.165, 1.54) is 13.3 Å². The zero-order valence-corrected chi connectivity index (χ0v) is 19.6. The molecule has 4 N–H and O–H groups in total. The van der Waals surface area contributed by atoms with E-state index in [9.17, 15) is 19.6 Å². The standard InChI is InChI=1S/C23H27ClN6O4/c1-34-23-19(24)15-9-17(29-18(15)11-27-23)22(33)30-16(8-12-2-3-12)21(32)28-14(10-25)5-4-13-6-7-26-20(13)31/h9,11-14,16,29H,2-8H2,1H3,(H,26,31)(H,28,32)(H,30,33)/t13?,14-,16-/m0/s1. The quantitative estimate of drug-likeness (QED) is 0.403. The van der Waals surface area contributed by atoms with Crippen LogP contribution in [0.2, 0.25) is 5.02 Å². The first-order chi connectivity index (χ1) is 16.4. The van der Waals surface area contributed by atoms with Crippen LogP contribution >= 0.6 is 11.6 Å². The summed E-state index contributed by atoms with van der Waals surface area (Å²) in [5.41, 5.74) is 0.810. The molecule has 4 rings (SSSR count). The van der Waals surface area contributed by atoms with Crippen LogP contribution in [0.25, 0.3) is 10.9 Å². The van der Waals surface area contributed by atoms with E-state index in [0.717, 1.165) is 19.3 Å². The molecule has 2 aliphatic rings. The first kappa shape index (κ1) is 23.8. The van der Waals surface area contributed by atoms with Gasteiger partial charge in [0.1, 0.15) is 22.8 Å². The van der Waals surface area contributed by atoms with Gasteiger partial charge in [-0.25, -0.2) is 4.98 Å². The second-order valence-electron chi connectivity index (χ2n) is 8.84. The number of fused-ring (bicyclic) bond motifs is 1. The van der Waals surface area contributed by atoms with Gasteiger partial charge < -0.3 is 25.7 Å². The van der Waals surface area contributed by atoms with Crippen LogP contribution in [0.1, 0.15) is 49.0 Å². The molecular weight excluding hydrogens is 460 g/mol. The highest BCUT2D eigenvalue weighted by Crippen LogP contribution is 2.34. The fourth-order valence-corrected chi connectivity index (χ4v) is 4.48. The van der Waals surface area contributed by atoms with Gasteiger partial charge in [0, 0.05) is 17.8 Å². The summed E-state index contributed by atoms with van der Waals surface area (Å²) in [4.78, 5) is 44.8. The number of carbonyl (C=O) groups excluding carboxylic acids is 3. The van der Waals surface area contributed by atoms with E-state index in [1.807, 2.05) is 0 Å². The number of aromatic nitrogens is 2. The summed E-state index contributed by atoms with van der Waals surface area (Å²) in [5.74, 6) is -0.374. The van der Waals surface area contributed by atoms with Gasteiger partial charge in [0.05, 0.1) is 24.9 Å². The van der Waals surface area contributed by atoms with Crippen molar-refractivity contribution in [2.45, 2.75) is 50.6 Å². The van der Waals surface area contributed by atoms with E-state index in [1.54, 1.807) is 6.07 Å². The van der Waals surface area contributed by atoms with Gasteiger partial charge in [-0.2, -0.15) is 5.26 Å². The molecule has 1 aliphatic heterocycles. The molecule has 0 radical (unpaired) electrons. The predicted molar refractivity (Wildman–Crippen MR) is 124 cm³/mol. The van der Waals surface area contributed by atoms with Crippen molar-refractivity contribution in [2.24, 2.45) is 11.8 Å². The molecule has 0 bridgehead atoms. The summed E-state index contributed by atoms with van der Waals surface area (Å²) in [5, 5.41) is 18.7. The number of hydrogen-bond donors (Lipinski definition) is 4. The number of hydrogen-bond acceptors (Lipinski definition) is 6. The average molecular weight is 487 g/mol. The van der Waals surface area contributed by atoms with Crippen molar-refractivity contribution in [3.05, 3.63) is 23.0 Å². The van der Waals surface area contributed by atoms with E-state index in [2.05, 4.69) is 32.0 Å². The van der Waals surface area contributed by atoms with Crippen LogP contribution in [0.3, 0.4) is 0 Å². The lowest BCUT2D eigenvalue weighted by molar-refractivity contribution is -0.123. The lowest BCUT2D eigenvalue weighted by Gasteiger charge is -2.20. The first-order valence-corrected chi connectivity index (χ1v) is 11.8. The molecule has 3 heterocycles. The summed E-state index contributed by atoms with van der Waals surface area (Å²) < 4.78 is 5.12. The van der Waals surface area contributed by atoms with Gasteiger partial charge in [0.15, 0.2) is 0 Å². The van der Waals surface area contributed by atoms with Crippen LogP contribution in [-0.2, 0) is 9.59 Å². The number of rotatable bonds is 10. The van der Waals surface area contributed by atoms with E-state index in [0.29, 0.717) is 42.6 Å². The highest BCUT2D eigenvalue weighted by molar-refractivity contribution is 6.36. The summed E-state index contributed by atoms with van der Waals surface area (Å²) in [6.45, 7) is 0.643. The Kier molecular flexibility index (Phi) is 7.22. The molecule has 1 aliphatic carbocycles. The van der Waals surface area contributed by atoms with Crippen molar-refractivity contribution < 1.29 is 19.1 Å². The molecular formula is C23H27ClN6O4. The van der Waals surface area contributed by atoms with Crippen LogP contribution in [0.15, 0.2) is 12.3 Å². The molecule has 180 valence electrons. The van der Waals surface area contributed by atoms with E-state index in [-0.39, 0.29) is 28.4 Å². The second-order valence-corrected chi connectivity index (χ2v) is 9.22. The third kappa shape index (κ3) is 5.42. The number of halogens is 1. The molecule has 11 heteroatoms. The van der Waals surface area contributed by atoms with Crippen LogP contribution in [0.5, 0.6) is 5.88 Å². The Morgan fingerprint density at radius 3 is 2.79 bits per heavy atom. The maximum absolute atomic E-state index is 13.0. The van der Waals surface area contributed by atoms with Gasteiger partial charge in [0.2, 0.25) is 17.7 Å². The minimum Gasteiger partial charge on any atom is -0.480 e. The smallest absolute Gasteiger partial charge is 0.268 e. The Morgan fingerprint density at radius 1 is 1.35 bits per heavy atom. The Bertz CT molecular complexity index is 1140. The minimum absolute atomic E-state index is 0.00634. The fraction of sp³-hybridized carbons (Fsp3) is 0.522. The number of pyridine rings is 1. The summed E-state index contributed by atoms with van der Waals surface area (Å²) in [6.07, 6.45) is 5.67. The van der Waals surface area contributed by atoms with Crippen LogP contribution in [0, 0.1) is 23.2 Å². The number of aromatic amines is 1. The molecule has 2 fully saturated rings. The van der Waals surface area contributed by atoms with Crippen LogP contribution in [-0.4, -0.2) is 53.4 Å². The molecule has 1 saturated heterocycles. The second kappa shape index (κ2) is 10.3. The molecule has 0 aromatic carbocycles. The minimum atomic E-state index is -0.778. The van der Waals surface area contributed by atoms with Crippen molar-refractivity contribution >= 4 is 40.2 Å². The molecule has 0 spiro atoms. The maximum Gasteiger partial charge on any atom is 0.268 e. The molecule has 2 aromatic heterocycles. The third-order valence-electron chi connectivity index (χ3n) is 6.35. The fourth-order valence-electron chi connectivity index (χ4n) is 4.20. The number of nitrogens with one attached hydrogen (secondary N) is 4. The largest absolute Gasteiger partial charge is 0.480 e. The molecule has 2 aromatic rings. The third-order valence-corrected chi connectivity index (χ3v) is 6.71. The summed E-state index contributed by atoms with van der Waals surface area (Å²) in [6, 6.07) is 2.18. The first-order valence-electron chi connectivity index (χ1n) is 11.4. The highest BCUT2D eigenvalue weighted by Gasteiger charge is 2.32. The monoisotopic (exact) mass is 486 g/mol. The molecule has 34 heavy (non-hydrogen) atoms. The van der Waals surface area contributed by atoms with Gasteiger partial charge >= 0.3 is 0 Å². The Labute approximate surface area is 201 Å². The molecule has 1 saturated carbocycles. The van der Waals surface area contributed by atoms with Gasteiger partial charge in [-0.05, 0) is 37.7 Å². The highest BCUT2D eigenvalue weighted by atomic mass is 35.5. The Morgan fingerprint density at radius 2 is 2.15 bits per heavy atom. The lowest BCUT2D eigenvalue weighted by atomic mass is 9.98. The van der Waals surface area contributed by atoms with E-state index >= 15 is 0 Å². The van der Waals surface area contributed by atoms with Gasteiger partial charge in [-0.1, -0.05) is 24.4 Å². The topological polar surface area (TPSA) is 149 Å². The Balaban J connectivity index is 1.41. The number of ether oxygens (including phenoxy) is 1. The molecule has 10 nitrogen and oxygen atoms in total. The van der Waals surface area contributed by atoms with Crippen molar-refractivity contribution in [3.8, 4) is 11.9 Å². The average Bonchev–Trinajstić information content (AvgIpc) is 3.37. The van der Waals surface area contributed by atoms with E-state index in [4.69, 9.17) is 16.3 Å². The summed E-state index contributed by atoms with van der Waals surface area (Å²) >= 11 is 6.29. The lowest BCUT2D eigenvalue weighted by Crippen LogP contribution is -2.49. The number of nitriles is 1. The van der Waals surface area contributed by atoms with Gasteiger partial charge in [0.25, 0.3) is 5.91 Å². The van der Waals surface area contributed by atoms with Crippen molar-refractivity contribution in [1.29, 1.82) is 5.26 Å². The Hall–Kier alpha value is -3.32. The van der Waals surface area contributed by atoms with Gasteiger partial charge in [-0.3, -0.25) is 14.4 Å². The van der Waals surface area contributed by atoms with Gasteiger partial charge in [-0.15, -0.1) is 0 Å². The SMILES string of the molecule is COc1ncc2[nH]c(C(=O)N[C@@H](CC3CC3)C(=O)N[C@H](C#N)CCC3CCNC3=O)cc2c1Cl. The van der Waals surface area contributed by atoms with Crippen LogP contribution in [0.4, 0.5) is 0 Å². The maximum atomic E-state index is 13.0. The molecule has 1 unspecified atom stereocenters. The summed E-state index contributed by atoms with van der Waals surface area (Å²) in [7, 11) is 1.46. The number of methoxy groups -OCH3 is 1. The normalized spacial score (nSPS) is 19.2. The number of carbonyl (C=O) groups is 3. The van der Waals surface area contributed by atoms with Crippen LogP contribution < -0.4 is 20.7 Å².